The number of rotatable bonds is 7. The van der Waals surface area contributed by atoms with Gasteiger partial charge in [0.25, 0.3) is 0 Å². The molecule has 3 rings (SSSR count). The number of amides is 2. The van der Waals surface area contributed by atoms with Crippen molar-refractivity contribution in [3.8, 4) is 0 Å². The molecule has 2 N–H and O–H groups in total. The summed E-state index contributed by atoms with van der Waals surface area (Å²) in [6, 6.07) is 10.2. The second-order valence-corrected chi connectivity index (χ2v) is 8.52. The molecule has 1 aliphatic carbocycles. The fraction of sp³-hybridized carbons (Fsp3) is 0.636. The molecule has 2 fully saturated rings. The Labute approximate surface area is 175 Å². The molecule has 1 heterocycles. The minimum Gasteiger partial charge on any atom is -0.341 e. The summed E-state index contributed by atoms with van der Waals surface area (Å²) in [5, 5.41) is 0. The molecule has 0 unspecified atom stereocenters. The van der Waals surface area contributed by atoms with Crippen molar-refractivity contribution < 1.29 is 9.59 Å². The highest BCUT2D eigenvalue weighted by molar-refractivity contribution is 5.85. The van der Waals surface area contributed by atoms with Gasteiger partial charge in [-0.2, -0.15) is 0 Å². The largest absolute Gasteiger partial charge is 0.341 e. The zero-order chi connectivity index (χ0) is 19.4. The van der Waals surface area contributed by atoms with Crippen LogP contribution in [0, 0.1) is 11.8 Å². The summed E-state index contributed by atoms with van der Waals surface area (Å²) in [6.45, 7) is 6.15. The smallest absolute Gasteiger partial charge is 0.239 e. The molecule has 1 atom stereocenters. The van der Waals surface area contributed by atoms with Gasteiger partial charge in [0, 0.05) is 31.6 Å². The lowest BCUT2D eigenvalue weighted by molar-refractivity contribution is -0.142. The van der Waals surface area contributed by atoms with Crippen LogP contribution in [0.5, 0.6) is 0 Å². The lowest BCUT2D eigenvalue weighted by atomic mass is 9.93. The fourth-order valence-corrected chi connectivity index (χ4v) is 3.98. The van der Waals surface area contributed by atoms with Crippen molar-refractivity contribution in [3.63, 3.8) is 0 Å². The second kappa shape index (κ2) is 10.3. The van der Waals surface area contributed by atoms with Crippen molar-refractivity contribution in [1.29, 1.82) is 0 Å². The van der Waals surface area contributed by atoms with Gasteiger partial charge in [0.15, 0.2) is 0 Å². The molecule has 1 aromatic carbocycles. The van der Waals surface area contributed by atoms with Crippen LogP contribution in [0.15, 0.2) is 30.3 Å². The number of nitrogens with zero attached hydrogens (tertiary/aromatic N) is 2. The topological polar surface area (TPSA) is 66.6 Å². The van der Waals surface area contributed by atoms with Crippen LogP contribution in [-0.2, 0) is 16.1 Å². The summed E-state index contributed by atoms with van der Waals surface area (Å²) in [5.74, 6) is 0.741. The summed E-state index contributed by atoms with van der Waals surface area (Å²) in [6.07, 6.45) is 4.43. The van der Waals surface area contributed by atoms with Crippen molar-refractivity contribution in [1.82, 2.24) is 9.80 Å². The molecule has 0 radical (unpaired) electrons. The minimum atomic E-state index is -0.418. The Morgan fingerprint density at radius 3 is 2.25 bits per heavy atom. The molecule has 2 aliphatic rings. The maximum absolute atomic E-state index is 13.1. The summed E-state index contributed by atoms with van der Waals surface area (Å²) >= 11 is 0. The normalized spacial score (nSPS) is 18.5. The van der Waals surface area contributed by atoms with Gasteiger partial charge in [0.1, 0.15) is 0 Å². The summed E-state index contributed by atoms with van der Waals surface area (Å²) in [5.41, 5.74) is 7.24. The van der Waals surface area contributed by atoms with Gasteiger partial charge in [-0.05, 0) is 43.6 Å². The first kappa shape index (κ1) is 22.7. The SMILES string of the molecule is CC(C)C[C@H](N)C(=O)N1CCC(C(=O)N(Cc2ccccc2)C2CC2)CC1.Cl. The van der Waals surface area contributed by atoms with E-state index in [1.807, 2.05) is 23.1 Å². The molecule has 1 saturated heterocycles. The molecular weight excluding hydrogens is 374 g/mol. The van der Waals surface area contributed by atoms with Crippen LogP contribution in [-0.4, -0.2) is 46.8 Å². The van der Waals surface area contributed by atoms with Gasteiger partial charge in [-0.1, -0.05) is 44.2 Å². The maximum Gasteiger partial charge on any atom is 0.239 e. The van der Waals surface area contributed by atoms with Gasteiger partial charge in [-0.25, -0.2) is 0 Å². The van der Waals surface area contributed by atoms with Crippen molar-refractivity contribution in [2.24, 2.45) is 17.6 Å². The molecule has 1 aliphatic heterocycles. The molecule has 5 nitrogen and oxygen atoms in total. The van der Waals surface area contributed by atoms with E-state index < -0.39 is 6.04 Å². The number of carbonyl (C=O) groups is 2. The van der Waals surface area contributed by atoms with Crippen LogP contribution in [0.3, 0.4) is 0 Å². The number of hydrogen-bond acceptors (Lipinski definition) is 3. The fourth-order valence-electron chi connectivity index (χ4n) is 3.98. The first-order valence-corrected chi connectivity index (χ1v) is 10.3. The average molecular weight is 408 g/mol. The predicted octanol–water partition coefficient (Wildman–Crippen LogP) is 3.21. The molecule has 1 saturated carbocycles. The van der Waals surface area contributed by atoms with Crippen LogP contribution in [0.2, 0.25) is 0 Å². The van der Waals surface area contributed by atoms with Crippen LogP contribution >= 0.6 is 12.4 Å². The Balaban J connectivity index is 0.00000280. The monoisotopic (exact) mass is 407 g/mol. The number of nitrogens with two attached hydrogens (primary N) is 1. The van der Waals surface area contributed by atoms with Gasteiger partial charge >= 0.3 is 0 Å². The zero-order valence-corrected chi connectivity index (χ0v) is 17.9. The van der Waals surface area contributed by atoms with E-state index in [4.69, 9.17) is 5.73 Å². The second-order valence-electron chi connectivity index (χ2n) is 8.52. The van der Waals surface area contributed by atoms with Gasteiger partial charge in [-0.3, -0.25) is 9.59 Å². The van der Waals surface area contributed by atoms with Gasteiger partial charge in [0.05, 0.1) is 6.04 Å². The molecule has 2 amide bonds. The van der Waals surface area contributed by atoms with E-state index >= 15 is 0 Å². The molecule has 28 heavy (non-hydrogen) atoms. The standard InChI is InChI=1S/C22H33N3O2.ClH/c1-16(2)14-20(23)22(27)24-12-10-18(11-13-24)21(26)25(19-8-9-19)15-17-6-4-3-5-7-17;/h3-7,16,18-20H,8-15,23H2,1-2H3;1H/t20-;/m0./s1. The summed E-state index contributed by atoms with van der Waals surface area (Å²) < 4.78 is 0. The Bertz CT molecular complexity index is 640. The van der Waals surface area contributed by atoms with E-state index in [2.05, 4.69) is 30.9 Å². The van der Waals surface area contributed by atoms with Crippen molar-refractivity contribution in [2.45, 2.75) is 64.6 Å². The Morgan fingerprint density at radius 2 is 1.71 bits per heavy atom. The number of carbonyl (C=O) groups excluding carboxylic acids is 2. The van der Waals surface area contributed by atoms with Crippen LogP contribution in [0.1, 0.15) is 51.5 Å². The van der Waals surface area contributed by atoms with Crippen molar-refractivity contribution >= 4 is 24.2 Å². The van der Waals surface area contributed by atoms with Crippen molar-refractivity contribution in [2.75, 3.05) is 13.1 Å². The highest BCUT2D eigenvalue weighted by Crippen LogP contribution is 2.32. The zero-order valence-electron chi connectivity index (χ0n) is 17.0. The first-order valence-electron chi connectivity index (χ1n) is 10.3. The van der Waals surface area contributed by atoms with Gasteiger partial charge in [0.2, 0.25) is 11.8 Å². The molecule has 0 aromatic heterocycles. The lowest BCUT2D eigenvalue weighted by Crippen LogP contribution is -2.49. The molecule has 6 heteroatoms. The van der Waals surface area contributed by atoms with Crippen LogP contribution < -0.4 is 5.73 Å². The molecule has 156 valence electrons. The van der Waals surface area contributed by atoms with E-state index in [0.717, 1.165) is 25.7 Å². The van der Waals surface area contributed by atoms with Crippen LogP contribution in [0.4, 0.5) is 0 Å². The number of likely N-dealkylation sites (tertiary alicyclic amines) is 1. The number of hydrogen-bond donors (Lipinski definition) is 1. The van der Waals surface area contributed by atoms with Gasteiger partial charge in [-0.15, -0.1) is 12.4 Å². The van der Waals surface area contributed by atoms with Crippen LogP contribution in [0.25, 0.3) is 0 Å². The highest BCUT2D eigenvalue weighted by atomic mass is 35.5. The number of halogens is 1. The maximum atomic E-state index is 13.1. The predicted molar refractivity (Wildman–Crippen MR) is 114 cm³/mol. The summed E-state index contributed by atoms with van der Waals surface area (Å²) in [4.78, 5) is 29.6. The molecule has 1 aromatic rings. The quantitative estimate of drug-likeness (QED) is 0.754. The van der Waals surface area contributed by atoms with E-state index in [9.17, 15) is 9.59 Å². The molecular formula is C22H34ClN3O2. The third-order valence-corrected chi connectivity index (χ3v) is 5.66. The lowest BCUT2D eigenvalue weighted by Gasteiger charge is -2.35. The first-order chi connectivity index (χ1) is 13.0. The highest BCUT2D eigenvalue weighted by Gasteiger charge is 2.37. The number of benzene rings is 1. The Morgan fingerprint density at radius 1 is 1.11 bits per heavy atom. The average Bonchev–Trinajstić information content (AvgIpc) is 3.50. The van der Waals surface area contributed by atoms with E-state index in [-0.39, 0.29) is 30.1 Å². The van der Waals surface area contributed by atoms with E-state index in [1.54, 1.807) is 0 Å². The van der Waals surface area contributed by atoms with E-state index in [1.165, 1.54) is 5.56 Å². The van der Waals surface area contributed by atoms with Gasteiger partial charge < -0.3 is 15.5 Å². The summed E-state index contributed by atoms with van der Waals surface area (Å²) in [7, 11) is 0. The molecule has 0 bridgehead atoms. The third kappa shape index (κ3) is 5.95. The van der Waals surface area contributed by atoms with E-state index in [0.29, 0.717) is 38.0 Å². The third-order valence-electron chi connectivity index (χ3n) is 5.66. The Hall–Kier alpha value is -1.59. The number of piperidine rings is 1. The molecule has 0 spiro atoms. The Kier molecular flexibility index (Phi) is 8.32. The van der Waals surface area contributed by atoms with Crippen molar-refractivity contribution in [3.05, 3.63) is 35.9 Å². The minimum absolute atomic E-state index is 0.